The molecule has 0 spiro atoms. The number of imide groups is 1. The second kappa shape index (κ2) is 11.8. The molecular weight excluding hydrogens is 509 g/mol. The van der Waals surface area contributed by atoms with Crippen molar-refractivity contribution < 1.29 is 31.2 Å². The highest BCUT2D eigenvalue weighted by Gasteiger charge is 2.39. The number of halogens is 3. The molecule has 202 valence electrons. The predicted octanol–water partition coefficient (Wildman–Crippen LogP) is 3.68. The SMILES string of the molecule is CC1=C(CCCCCCCN2CCN(S(C)(=O)=O)CC2)C(=O)N(c2ccc(C#N)c(C(F)(F)F)c2)C1=O. The molecule has 2 heterocycles. The zero-order valence-corrected chi connectivity index (χ0v) is 21.8. The van der Waals surface area contributed by atoms with Crippen LogP contribution in [-0.4, -0.2) is 68.4 Å². The first-order chi connectivity index (χ1) is 17.3. The first kappa shape index (κ1) is 28.8. The van der Waals surface area contributed by atoms with Crippen molar-refractivity contribution in [2.45, 2.75) is 51.6 Å². The number of carbonyl (C=O) groups excluding carboxylic acids is 2. The number of hydrogen-bond donors (Lipinski definition) is 0. The summed E-state index contributed by atoms with van der Waals surface area (Å²) in [7, 11) is -3.14. The molecule has 0 saturated carbocycles. The maximum atomic E-state index is 13.3. The van der Waals surface area contributed by atoms with Crippen LogP contribution in [0.1, 0.15) is 56.6 Å². The second-order valence-electron chi connectivity index (χ2n) is 9.41. The topological polar surface area (TPSA) is 102 Å². The fraction of sp³-hybridized carbons (Fsp3) is 0.560. The van der Waals surface area contributed by atoms with Gasteiger partial charge in [0.15, 0.2) is 0 Å². The Morgan fingerprint density at radius 2 is 1.59 bits per heavy atom. The van der Waals surface area contributed by atoms with Crippen LogP contribution >= 0.6 is 0 Å². The summed E-state index contributed by atoms with van der Waals surface area (Å²) in [6, 6.07) is 4.31. The average Bonchev–Trinajstić information content (AvgIpc) is 3.05. The molecule has 0 unspecified atom stereocenters. The van der Waals surface area contributed by atoms with E-state index in [0.29, 0.717) is 37.6 Å². The number of carbonyl (C=O) groups is 2. The number of benzene rings is 1. The fourth-order valence-corrected chi connectivity index (χ4v) is 5.50. The van der Waals surface area contributed by atoms with E-state index in [9.17, 15) is 31.2 Å². The van der Waals surface area contributed by atoms with Gasteiger partial charge in [0.05, 0.1) is 29.1 Å². The van der Waals surface area contributed by atoms with E-state index >= 15 is 0 Å². The molecule has 0 atom stereocenters. The van der Waals surface area contributed by atoms with Gasteiger partial charge in [0.1, 0.15) is 0 Å². The minimum Gasteiger partial charge on any atom is -0.301 e. The van der Waals surface area contributed by atoms with Crippen LogP contribution in [0.3, 0.4) is 0 Å². The highest BCUT2D eigenvalue weighted by Crippen LogP contribution is 2.37. The van der Waals surface area contributed by atoms with Gasteiger partial charge >= 0.3 is 6.18 Å². The van der Waals surface area contributed by atoms with Crippen LogP contribution in [0.25, 0.3) is 0 Å². The van der Waals surface area contributed by atoms with Gasteiger partial charge in [-0.25, -0.2) is 13.3 Å². The Labute approximate surface area is 215 Å². The molecule has 1 fully saturated rings. The molecule has 0 radical (unpaired) electrons. The Bertz CT molecular complexity index is 1210. The molecular formula is C25H31F3N4O4S. The molecule has 37 heavy (non-hydrogen) atoms. The van der Waals surface area contributed by atoms with E-state index < -0.39 is 39.1 Å². The van der Waals surface area contributed by atoms with Gasteiger partial charge in [0, 0.05) is 37.3 Å². The Kier molecular flexibility index (Phi) is 9.15. The van der Waals surface area contributed by atoms with Crippen molar-refractivity contribution >= 4 is 27.5 Å². The van der Waals surface area contributed by atoms with Crippen molar-refractivity contribution in [2.24, 2.45) is 0 Å². The summed E-state index contributed by atoms with van der Waals surface area (Å²) < 4.78 is 64.7. The van der Waals surface area contributed by atoms with Crippen molar-refractivity contribution in [2.75, 3.05) is 43.9 Å². The number of nitrogens with zero attached hydrogens (tertiary/aromatic N) is 4. The van der Waals surface area contributed by atoms with E-state index in [0.717, 1.165) is 56.3 Å². The number of alkyl halides is 3. The van der Waals surface area contributed by atoms with Gasteiger partial charge in [-0.2, -0.15) is 22.7 Å². The molecule has 1 saturated heterocycles. The van der Waals surface area contributed by atoms with Gasteiger partial charge in [-0.3, -0.25) is 9.59 Å². The average molecular weight is 541 g/mol. The third kappa shape index (κ3) is 6.97. The predicted molar refractivity (Wildman–Crippen MR) is 132 cm³/mol. The van der Waals surface area contributed by atoms with Crippen molar-refractivity contribution in [3.63, 3.8) is 0 Å². The van der Waals surface area contributed by atoms with Crippen molar-refractivity contribution in [3.8, 4) is 6.07 Å². The normalized spacial score (nSPS) is 18.1. The number of unbranched alkanes of at least 4 members (excludes halogenated alkanes) is 4. The molecule has 0 aliphatic carbocycles. The number of piperazine rings is 1. The largest absolute Gasteiger partial charge is 0.417 e. The molecule has 2 aliphatic rings. The summed E-state index contributed by atoms with van der Waals surface area (Å²) >= 11 is 0. The van der Waals surface area contributed by atoms with E-state index in [1.54, 1.807) is 0 Å². The highest BCUT2D eigenvalue weighted by molar-refractivity contribution is 7.88. The lowest BCUT2D eigenvalue weighted by molar-refractivity contribution is -0.138. The summed E-state index contributed by atoms with van der Waals surface area (Å²) in [4.78, 5) is 28.6. The van der Waals surface area contributed by atoms with Crippen molar-refractivity contribution in [1.82, 2.24) is 9.21 Å². The Morgan fingerprint density at radius 3 is 2.19 bits per heavy atom. The van der Waals surface area contributed by atoms with Crippen molar-refractivity contribution in [1.29, 1.82) is 5.26 Å². The zero-order valence-electron chi connectivity index (χ0n) is 21.0. The highest BCUT2D eigenvalue weighted by atomic mass is 32.2. The van der Waals surface area contributed by atoms with Crippen LogP contribution < -0.4 is 4.90 Å². The fourth-order valence-electron chi connectivity index (χ4n) is 4.67. The molecule has 0 bridgehead atoms. The Balaban J connectivity index is 1.45. The molecule has 2 amide bonds. The van der Waals surface area contributed by atoms with Gasteiger partial charge in [-0.15, -0.1) is 0 Å². The molecule has 8 nitrogen and oxygen atoms in total. The standard InChI is InChI=1S/C25H31F3N4O4S/c1-18-21(8-6-4-3-5-7-11-30-12-14-31(15-13-30)37(2,35)36)24(34)32(23(18)33)20-10-9-19(17-29)22(16-20)25(26,27)28/h9-10,16H,3-8,11-15H2,1-2H3. The van der Waals surface area contributed by atoms with Crippen molar-refractivity contribution in [3.05, 3.63) is 40.5 Å². The molecule has 1 aromatic rings. The van der Waals surface area contributed by atoms with Gasteiger partial charge < -0.3 is 4.90 Å². The minimum absolute atomic E-state index is 0.201. The van der Waals surface area contributed by atoms with Crippen LogP contribution in [0.2, 0.25) is 0 Å². The summed E-state index contributed by atoms with van der Waals surface area (Å²) in [5, 5.41) is 8.97. The first-order valence-corrected chi connectivity index (χ1v) is 14.1. The summed E-state index contributed by atoms with van der Waals surface area (Å²) in [6.45, 7) is 4.86. The van der Waals surface area contributed by atoms with E-state index in [2.05, 4.69) is 4.90 Å². The van der Waals surface area contributed by atoms with Crippen LogP contribution in [0.4, 0.5) is 18.9 Å². The summed E-state index contributed by atoms with van der Waals surface area (Å²) in [6.07, 6.45) is 1.21. The molecule has 3 rings (SSSR count). The number of rotatable bonds is 10. The number of nitriles is 1. The van der Waals surface area contributed by atoms with Gasteiger partial charge in [0.2, 0.25) is 10.0 Å². The minimum atomic E-state index is -4.79. The van der Waals surface area contributed by atoms with Gasteiger partial charge in [-0.05, 0) is 50.9 Å². The van der Waals surface area contributed by atoms with E-state index in [-0.39, 0.29) is 11.3 Å². The lowest BCUT2D eigenvalue weighted by Crippen LogP contribution is -2.48. The Morgan fingerprint density at radius 1 is 0.973 bits per heavy atom. The summed E-state index contributed by atoms with van der Waals surface area (Å²) in [5.74, 6) is -1.26. The number of anilines is 1. The smallest absolute Gasteiger partial charge is 0.301 e. The third-order valence-electron chi connectivity index (χ3n) is 6.83. The molecule has 1 aromatic carbocycles. The van der Waals surface area contributed by atoms with Crippen LogP contribution in [0, 0.1) is 11.3 Å². The molecule has 12 heteroatoms. The van der Waals surface area contributed by atoms with Gasteiger partial charge in [-0.1, -0.05) is 19.3 Å². The van der Waals surface area contributed by atoms with Gasteiger partial charge in [0.25, 0.3) is 11.8 Å². The molecule has 2 aliphatic heterocycles. The van der Waals surface area contributed by atoms with E-state index in [1.165, 1.54) is 29.6 Å². The van der Waals surface area contributed by atoms with Crippen LogP contribution in [-0.2, 0) is 25.8 Å². The first-order valence-electron chi connectivity index (χ1n) is 12.2. The van der Waals surface area contributed by atoms with Crippen LogP contribution in [0.15, 0.2) is 29.3 Å². The molecule has 0 N–H and O–H groups in total. The maximum Gasteiger partial charge on any atom is 0.417 e. The number of amides is 2. The lowest BCUT2D eigenvalue weighted by atomic mass is 10.0. The Hall–Kier alpha value is -2.75. The van der Waals surface area contributed by atoms with E-state index in [1.807, 2.05) is 0 Å². The maximum absolute atomic E-state index is 13.3. The molecule has 0 aromatic heterocycles. The quantitative estimate of drug-likeness (QED) is 0.332. The van der Waals surface area contributed by atoms with E-state index in [4.69, 9.17) is 5.26 Å². The lowest BCUT2D eigenvalue weighted by Gasteiger charge is -2.33. The second-order valence-corrected chi connectivity index (χ2v) is 11.4. The monoisotopic (exact) mass is 540 g/mol. The number of hydrogen-bond acceptors (Lipinski definition) is 6. The summed E-state index contributed by atoms with van der Waals surface area (Å²) in [5.41, 5.74) is -1.41. The zero-order chi connectivity index (χ0) is 27.4. The third-order valence-corrected chi connectivity index (χ3v) is 8.13. The van der Waals surface area contributed by atoms with Crippen LogP contribution in [0.5, 0.6) is 0 Å². The number of sulfonamides is 1.